The van der Waals surface area contributed by atoms with Crippen molar-refractivity contribution in [2.75, 3.05) is 18.0 Å². The van der Waals surface area contributed by atoms with Gasteiger partial charge in [-0.2, -0.15) is 0 Å². The minimum Gasteiger partial charge on any atom is -0.356 e. The summed E-state index contributed by atoms with van der Waals surface area (Å²) >= 11 is 1.71. The molecule has 1 atom stereocenters. The summed E-state index contributed by atoms with van der Waals surface area (Å²) in [7, 11) is 0. The number of anilines is 1. The maximum atomic E-state index is 4.71. The molecule has 28 heavy (non-hydrogen) atoms. The molecule has 1 aliphatic rings. The molecule has 1 aliphatic heterocycles. The highest BCUT2D eigenvalue weighted by Crippen LogP contribution is 2.39. The van der Waals surface area contributed by atoms with Crippen LogP contribution in [0.15, 0.2) is 66.3 Å². The van der Waals surface area contributed by atoms with Gasteiger partial charge in [0.2, 0.25) is 0 Å². The van der Waals surface area contributed by atoms with Gasteiger partial charge in [-0.3, -0.25) is 0 Å². The second kappa shape index (κ2) is 7.36. The van der Waals surface area contributed by atoms with Crippen molar-refractivity contribution in [2.45, 2.75) is 19.8 Å². The normalized spacial score (nSPS) is 17.2. The second-order valence-electron chi connectivity index (χ2n) is 7.66. The minimum atomic E-state index is 0.714. The summed E-state index contributed by atoms with van der Waals surface area (Å²) in [5.74, 6) is 1.81. The van der Waals surface area contributed by atoms with Gasteiger partial charge in [0.15, 0.2) is 0 Å². The molecule has 140 valence electrons. The zero-order valence-corrected chi connectivity index (χ0v) is 16.8. The monoisotopic (exact) mass is 385 g/mol. The highest BCUT2D eigenvalue weighted by Gasteiger charge is 2.22. The average Bonchev–Trinajstić information content (AvgIpc) is 3.19. The number of fused-ring (bicyclic) bond motifs is 1. The third-order valence-electron chi connectivity index (χ3n) is 5.61. The zero-order valence-electron chi connectivity index (χ0n) is 16.0. The topological polar surface area (TPSA) is 29.0 Å². The molecule has 0 radical (unpaired) electrons. The van der Waals surface area contributed by atoms with Crippen LogP contribution in [0, 0.1) is 5.92 Å². The van der Waals surface area contributed by atoms with Crippen molar-refractivity contribution in [1.82, 2.24) is 9.97 Å². The summed E-state index contributed by atoms with van der Waals surface area (Å²) < 4.78 is 0. The van der Waals surface area contributed by atoms with Crippen molar-refractivity contribution < 1.29 is 0 Å². The zero-order chi connectivity index (χ0) is 18.9. The van der Waals surface area contributed by atoms with Gasteiger partial charge in [-0.25, -0.2) is 9.97 Å². The van der Waals surface area contributed by atoms with Crippen LogP contribution in [0.25, 0.3) is 32.5 Å². The minimum absolute atomic E-state index is 0.714. The Bertz CT molecular complexity index is 1090. The molecule has 0 aliphatic carbocycles. The van der Waals surface area contributed by atoms with Gasteiger partial charge in [-0.05, 0) is 35.4 Å². The van der Waals surface area contributed by atoms with Gasteiger partial charge in [-0.1, -0.05) is 61.5 Å². The van der Waals surface area contributed by atoms with Crippen LogP contribution in [-0.2, 0) is 0 Å². The Hall–Kier alpha value is -2.72. The highest BCUT2D eigenvalue weighted by atomic mass is 32.1. The van der Waals surface area contributed by atoms with Gasteiger partial charge in [0.1, 0.15) is 17.0 Å². The molecular weight excluding hydrogens is 362 g/mol. The first-order chi connectivity index (χ1) is 13.8. The van der Waals surface area contributed by atoms with Crippen LogP contribution in [0.3, 0.4) is 0 Å². The first-order valence-electron chi connectivity index (χ1n) is 9.92. The van der Waals surface area contributed by atoms with Crippen molar-refractivity contribution in [3.05, 3.63) is 66.3 Å². The van der Waals surface area contributed by atoms with Crippen LogP contribution < -0.4 is 4.90 Å². The Morgan fingerprint density at radius 1 is 0.929 bits per heavy atom. The summed E-state index contributed by atoms with van der Waals surface area (Å²) in [4.78, 5) is 12.8. The molecule has 0 bridgehead atoms. The Morgan fingerprint density at radius 3 is 2.46 bits per heavy atom. The average molecular weight is 386 g/mol. The molecule has 4 aromatic rings. The van der Waals surface area contributed by atoms with Crippen molar-refractivity contribution >= 4 is 27.4 Å². The van der Waals surface area contributed by atoms with Crippen LogP contribution in [-0.4, -0.2) is 23.1 Å². The number of aromatic nitrogens is 2. The fraction of sp³-hybridized carbons (Fsp3) is 0.250. The molecule has 4 heteroatoms. The predicted molar refractivity (Wildman–Crippen MR) is 119 cm³/mol. The number of rotatable bonds is 3. The lowest BCUT2D eigenvalue weighted by Gasteiger charge is -2.32. The lowest BCUT2D eigenvalue weighted by molar-refractivity contribution is 0.445. The molecule has 2 aromatic carbocycles. The summed E-state index contributed by atoms with van der Waals surface area (Å²) in [6, 6.07) is 19.4. The summed E-state index contributed by atoms with van der Waals surface area (Å²) in [5.41, 5.74) is 4.96. The standard InChI is InChI=1S/C24H23N3S/c1-17-6-5-13-27(14-17)23-22-21(15-28-24(22)26-16-25-23)20-11-9-19(10-12-20)18-7-3-2-4-8-18/h2-4,7-12,15-17H,5-6,13-14H2,1H3. The van der Waals surface area contributed by atoms with E-state index in [1.165, 1.54) is 40.5 Å². The van der Waals surface area contributed by atoms with Crippen LogP contribution in [0.1, 0.15) is 19.8 Å². The quantitative estimate of drug-likeness (QED) is 0.417. The number of thiophene rings is 1. The van der Waals surface area contributed by atoms with Crippen LogP contribution in [0.4, 0.5) is 5.82 Å². The third-order valence-corrected chi connectivity index (χ3v) is 6.50. The molecule has 5 rings (SSSR count). The first kappa shape index (κ1) is 17.4. The molecule has 0 saturated carbocycles. The maximum absolute atomic E-state index is 4.71. The van der Waals surface area contributed by atoms with E-state index in [-0.39, 0.29) is 0 Å². The fourth-order valence-corrected chi connectivity index (χ4v) is 5.08. The molecule has 2 aromatic heterocycles. The molecular formula is C24H23N3S. The third kappa shape index (κ3) is 3.18. The first-order valence-corrected chi connectivity index (χ1v) is 10.8. The molecule has 1 unspecified atom stereocenters. The lowest BCUT2D eigenvalue weighted by Crippen LogP contribution is -2.34. The highest BCUT2D eigenvalue weighted by molar-refractivity contribution is 7.17. The molecule has 1 saturated heterocycles. The molecule has 0 spiro atoms. The van der Waals surface area contributed by atoms with Crippen LogP contribution in [0.2, 0.25) is 0 Å². The Morgan fingerprint density at radius 2 is 1.68 bits per heavy atom. The summed E-state index contributed by atoms with van der Waals surface area (Å²) in [6.45, 7) is 4.49. The van der Waals surface area contributed by atoms with Gasteiger partial charge < -0.3 is 4.90 Å². The fourth-order valence-electron chi connectivity index (χ4n) is 4.17. The van der Waals surface area contributed by atoms with E-state index in [1.54, 1.807) is 17.7 Å². The van der Waals surface area contributed by atoms with Gasteiger partial charge in [0, 0.05) is 24.0 Å². The van der Waals surface area contributed by atoms with E-state index < -0.39 is 0 Å². The van der Waals surface area contributed by atoms with E-state index in [1.807, 2.05) is 0 Å². The lowest BCUT2D eigenvalue weighted by atomic mass is 9.98. The number of piperidine rings is 1. The molecule has 0 amide bonds. The molecule has 3 nitrogen and oxygen atoms in total. The van der Waals surface area contributed by atoms with Crippen LogP contribution in [0.5, 0.6) is 0 Å². The predicted octanol–water partition coefficient (Wildman–Crippen LogP) is 6.26. The van der Waals surface area contributed by atoms with Crippen molar-refractivity contribution in [3.8, 4) is 22.3 Å². The van der Waals surface area contributed by atoms with E-state index >= 15 is 0 Å². The van der Waals surface area contributed by atoms with Crippen LogP contribution >= 0.6 is 11.3 Å². The summed E-state index contributed by atoms with van der Waals surface area (Å²) in [6.07, 6.45) is 4.26. The van der Waals surface area contributed by atoms with Crippen molar-refractivity contribution in [1.29, 1.82) is 0 Å². The van der Waals surface area contributed by atoms with Gasteiger partial charge in [0.25, 0.3) is 0 Å². The Labute approximate surface area is 169 Å². The number of benzene rings is 2. The second-order valence-corrected chi connectivity index (χ2v) is 8.52. The maximum Gasteiger partial charge on any atom is 0.141 e. The van der Waals surface area contributed by atoms with Crippen molar-refractivity contribution in [2.24, 2.45) is 5.92 Å². The summed E-state index contributed by atoms with van der Waals surface area (Å²) in [5, 5.41) is 3.43. The molecule has 1 fully saturated rings. The van der Waals surface area contributed by atoms with Gasteiger partial charge >= 0.3 is 0 Å². The van der Waals surface area contributed by atoms with Gasteiger partial charge in [0.05, 0.1) is 5.39 Å². The SMILES string of the molecule is CC1CCCN(c2ncnc3scc(-c4ccc(-c5ccccc5)cc4)c23)C1. The number of nitrogens with zero attached hydrogens (tertiary/aromatic N) is 3. The van der Waals surface area contributed by atoms with E-state index in [4.69, 9.17) is 4.98 Å². The largest absolute Gasteiger partial charge is 0.356 e. The molecule has 3 heterocycles. The Balaban J connectivity index is 1.56. The molecule has 0 N–H and O–H groups in total. The smallest absolute Gasteiger partial charge is 0.141 e. The number of hydrogen-bond donors (Lipinski definition) is 0. The number of hydrogen-bond acceptors (Lipinski definition) is 4. The van der Waals surface area contributed by atoms with E-state index in [9.17, 15) is 0 Å². The van der Waals surface area contributed by atoms with Crippen molar-refractivity contribution in [3.63, 3.8) is 0 Å². The van der Waals surface area contributed by atoms with E-state index in [0.717, 1.165) is 23.7 Å². The van der Waals surface area contributed by atoms with E-state index in [2.05, 4.69) is 76.8 Å². The van der Waals surface area contributed by atoms with Gasteiger partial charge in [-0.15, -0.1) is 11.3 Å². The Kier molecular flexibility index (Phi) is 4.57. The van der Waals surface area contributed by atoms with E-state index in [0.29, 0.717) is 5.92 Å².